The smallest absolute Gasteiger partial charge is 0.262 e. The van der Waals surface area contributed by atoms with Crippen LogP contribution in [0.4, 0.5) is 11.4 Å². The van der Waals surface area contributed by atoms with E-state index in [-0.39, 0.29) is 4.90 Å². The normalized spacial score (nSPS) is 10.7. The van der Waals surface area contributed by atoms with Gasteiger partial charge in [0.15, 0.2) is 11.5 Å². The first-order valence-electron chi connectivity index (χ1n) is 7.98. The summed E-state index contributed by atoms with van der Waals surface area (Å²) in [5, 5.41) is 12.2. The van der Waals surface area contributed by atoms with Crippen molar-refractivity contribution in [3.8, 4) is 17.6 Å². The molecule has 0 amide bonds. The van der Waals surface area contributed by atoms with Crippen LogP contribution in [0.5, 0.6) is 11.5 Å². The van der Waals surface area contributed by atoms with Gasteiger partial charge in [-0.25, -0.2) is 8.42 Å². The summed E-state index contributed by atoms with van der Waals surface area (Å²) in [4.78, 5) is 0.0268. The third-order valence-corrected chi connectivity index (χ3v) is 4.99. The first-order chi connectivity index (χ1) is 12.4. The van der Waals surface area contributed by atoms with E-state index in [0.717, 1.165) is 6.42 Å². The lowest BCUT2D eigenvalue weighted by atomic mass is 10.2. The number of hydrogen-bond acceptors (Lipinski definition) is 6. The molecule has 2 aromatic carbocycles. The van der Waals surface area contributed by atoms with Gasteiger partial charge >= 0.3 is 0 Å². The van der Waals surface area contributed by atoms with Crippen LogP contribution in [0.2, 0.25) is 0 Å². The first kappa shape index (κ1) is 19.4. The zero-order valence-electron chi connectivity index (χ0n) is 14.9. The maximum absolute atomic E-state index is 12.8. The fourth-order valence-corrected chi connectivity index (χ4v) is 3.39. The molecule has 138 valence electrons. The third kappa shape index (κ3) is 4.37. The van der Waals surface area contributed by atoms with Crippen LogP contribution in [0, 0.1) is 11.3 Å². The van der Waals surface area contributed by atoms with Crippen molar-refractivity contribution >= 4 is 21.4 Å². The number of methoxy groups -OCH3 is 2. The van der Waals surface area contributed by atoms with Gasteiger partial charge in [0.25, 0.3) is 10.0 Å². The number of ether oxygens (including phenoxy) is 2. The topological polar surface area (TPSA) is 100 Å². The molecule has 0 aromatic heterocycles. The second kappa shape index (κ2) is 8.45. The van der Waals surface area contributed by atoms with E-state index in [0.29, 0.717) is 35.0 Å². The molecule has 0 spiro atoms. The summed E-state index contributed by atoms with van der Waals surface area (Å²) in [6.45, 7) is 2.68. The number of sulfonamides is 1. The Labute approximate surface area is 153 Å². The van der Waals surface area contributed by atoms with Gasteiger partial charge in [0.05, 0.1) is 42.1 Å². The molecule has 26 heavy (non-hydrogen) atoms. The summed E-state index contributed by atoms with van der Waals surface area (Å²) in [7, 11) is -0.967. The van der Waals surface area contributed by atoms with Gasteiger partial charge in [0.2, 0.25) is 0 Å². The number of rotatable bonds is 8. The van der Waals surface area contributed by atoms with Crippen molar-refractivity contribution in [2.45, 2.75) is 18.2 Å². The average Bonchev–Trinajstić information content (AvgIpc) is 2.65. The molecule has 0 fully saturated rings. The molecule has 2 aromatic rings. The zero-order valence-corrected chi connectivity index (χ0v) is 15.7. The Morgan fingerprint density at radius 2 is 1.77 bits per heavy atom. The van der Waals surface area contributed by atoms with E-state index in [1.807, 2.05) is 13.0 Å². The molecule has 8 heteroatoms. The summed E-state index contributed by atoms with van der Waals surface area (Å²) < 4.78 is 38.4. The Morgan fingerprint density at radius 1 is 1.04 bits per heavy atom. The molecule has 0 aliphatic heterocycles. The van der Waals surface area contributed by atoms with E-state index in [1.165, 1.54) is 38.5 Å². The Bertz CT molecular complexity index is 921. The summed E-state index contributed by atoms with van der Waals surface area (Å²) in [5.41, 5.74) is 1.28. The molecule has 0 heterocycles. The lowest BCUT2D eigenvalue weighted by molar-refractivity contribution is 0.354. The van der Waals surface area contributed by atoms with Gasteiger partial charge in [-0.15, -0.1) is 0 Å². The highest BCUT2D eigenvalue weighted by Gasteiger charge is 2.19. The van der Waals surface area contributed by atoms with Crippen LogP contribution in [0.15, 0.2) is 41.3 Å². The van der Waals surface area contributed by atoms with Crippen molar-refractivity contribution in [1.82, 2.24) is 0 Å². The van der Waals surface area contributed by atoms with Crippen LogP contribution in [0.3, 0.4) is 0 Å². The molecule has 2 rings (SSSR count). The zero-order chi connectivity index (χ0) is 19.2. The molecule has 0 radical (unpaired) electrons. The number of hydrogen-bond donors (Lipinski definition) is 2. The molecule has 0 atom stereocenters. The Balaban J connectivity index is 2.41. The van der Waals surface area contributed by atoms with Crippen LogP contribution in [-0.4, -0.2) is 29.2 Å². The Kier molecular flexibility index (Phi) is 6.31. The summed E-state index contributed by atoms with van der Waals surface area (Å²) in [5.74, 6) is 0.744. The highest BCUT2D eigenvalue weighted by Crippen LogP contribution is 2.31. The maximum atomic E-state index is 12.8. The van der Waals surface area contributed by atoms with Crippen molar-refractivity contribution in [3.63, 3.8) is 0 Å². The summed E-state index contributed by atoms with van der Waals surface area (Å²) in [6, 6.07) is 11.2. The first-order valence-corrected chi connectivity index (χ1v) is 9.46. The van der Waals surface area contributed by atoms with E-state index in [9.17, 15) is 8.42 Å². The fraction of sp³-hybridized carbons (Fsp3) is 0.278. The van der Waals surface area contributed by atoms with Crippen molar-refractivity contribution < 1.29 is 17.9 Å². The van der Waals surface area contributed by atoms with E-state index in [4.69, 9.17) is 14.7 Å². The second-order valence-corrected chi connectivity index (χ2v) is 7.10. The number of nitriles is 1. The number of nitrogens with one attached hydrogen (secondary N) is 2. The molecule has 0 unspecified atom stereocenters. The highest BCUT2D eigenvalue weighted by molar-refractivity contribution is 7.92. The van der Waals surface area contributed by atoms with E-state index >= 15 is 0 Å². The van der Waals surface area contributed by atoms with E-state index < -0.39 is 10.0 Å². The summed E-state index contributed by atoms with van der Waals surface area (Å²) >= 11 is 0. The molecule has 7 nitrogen and oxygen atoms in total. The Morgan fingerprint density at radius 3 is 2.38 bits per heavy atom. The minimum atomic E-state index is -3.88. The predicted octanol–water partition coefficient (Wildman–Crippen LogP) is 3.20. The van der Waals surface area contributed by atoms with Gasteiger partial charge in [0.1, 0.15) is 0 Å². The standard InChI is InChI=1S/C18H21N3O4S/c1-4-9-20-15-7-5-13(12-19)10-16(15)21-26(22,23)14-6-8-17(24-2)18(11-14)25-3/h5-8,10-11,20-21H,4,9H2,1-3H3. The molecule has 2 N–H and O–H groups in total. The van der Waals surface area contributed by atoms with Crippen LogP contribution >= 0.6 is 0 Å². The predicted molar refractivity (Wildman–Crippen MR) is 100 cm³/mol. The van der Waals surface area contributed by atoms with Crippen molar-refractivity contribution in [3.05, 3.63) is 42.0 Å². The molecule has 0 saturated heterocycles. The molecule has 0 saturated carbocycles. The average molecular weight is 375 g/mol. The minimum Gasteiger partial charge on any atom is -0.493 e. The monoisotopic (exact) mass is 375 g/mol. The van der Waals surface area contributed by atoms with Gasteiger partial charge in [-0.3, -0.25) is 4.72 Å². The van der Waals surface area contributed by atoms with Crippen molar-refractivity contribution in [2.24, 2.45) is 0 Å². The molecule has 0 bridgehead atoms. The van der Waals surface area contributed by atoms with E-state index in [1.54, 1.807) is 12.1 Å². The third-order valence-electron chi connectivity index (χ3n) is 3.62. The van der Waals surface area contributed by atoms with Crippen LogP contribution in [-0.2, 0) is 10.0 Å². The van der Waals surface area contributed by atoms with Gasteiger partial charge in [-0.05, 0) is 36.8 Å². The minimum absolute atomic E-state index is 0.0268. The largest absolute Gasteiger partial charge is 0.493 e. The van der Waals surface area contributed by atoms with Crippen LogP contribution in [0.1, 0.15) is 18.9 Å². The Hall–Kier alpha value is -2.92. The lowest BCUT2D eigenvalue weighted by Crippen LogP contribution is -2.15. The highest BCUT2D eigenvalue weighted by atomic mass is 32.2. The number of nitrogens with zero attached hydrogens (tertiary/aromatic N) is 1. The maximum Gasteiger partial charge on any atom is 0.262 e. The van der Waals surface area contributed by atoms with Gasteiger partial charge < -0.3 is 14.8 Å². The molecule has 0 aliphatic carbocycles. The second-order valence-electron chi connectivity index (χ2n) is 5.42. The van der Waals surface area contributed by atoms with Gasteiger partial charge in [0, 0.05) is 12.6 Å². The quantitative estimate of drug-likeness (QED) is 0.735. The van der Waals surface area contributed by atoms with Gasteiger partial charge in [-0.1, -0.05) is 6.92 Å². The van der Waals surface area contributed by atoms with E-state index in [2.05, 4.69) is 10.0 Å². The summed E-state index contributed by atoms with van der Waals surface area (Å²) in [6.07, 6.45) is 0.877. The fourth-order valence-electron chi connectivity index (χ4n) is 2.30. The van der Waals surface area contributed by atoms with Crippen LogP contribution in [0.25, 0.3) is 0 Å². The number of benzene rings is 2. The molecular weight excluding hydrogens is 354 g/mol. The SMILES string of the molecule is CCCNc1ccc(C#N)cc1NS(=O)(=O)c1ccc(OC)c(OC)c1. The van der Waals surface area contributed by atoms with Gasteiger partial charge in [-0.2, -0.15) is 5.26 Å². The number of anilines is 2. The molecule has 0 aliphatic rings. The van der Waals surface area contributed by atoms with Crippen molar-refractivity contribution in [2.75, 3.05) is 30.8 Å². The molecular formula is C18H21N3O4S. The van der Waals surface area contributed by atoms with Crippen molar-refractivity contribution in [1.29, 1.82) is 5.26 Å². The lowest BCUT2D eigenvalue weighted by Gasteiger charge is -2.15. The van der Waals surface area contributed by atoms with Crippen LogP contribution < -0.4 is 19.5 Å².